The van der Waals surface area contributed by atoms with Crippen LogP contribution >= 0.6 is 0 Å². The molecular weight excluding hydrogens is 274 g/mol. The van der Waals surface area contributed by atoms with E-state index in [4.69, 9.17) is 4.74 Å². The number of ether oxygens (including phenoxy) is 1. The molecule has 5 heteroatoms. The third-order valence-corrected chi connectivity index (χ3v) is 3.68. The van der Waals surface area contributed by atoms with Crippen molar-refractivity contribution in [3.8, 4) is 5.88 Å². The van der Waals surface area contributed by atoms with Crippen LogP contribution in [0.15, 0.2) is 42.5 Å². The molecule has 1 saturated heterocycles. The zero-order valence-corrected chi connectivity index (χ0v) is 11.4. The van der Waals surface area contributed by atoms with Gasteiger partial charge >= 0.3 is 0 Å². The molecule has 0 amide bonds. The second-order valence-electron chi connectivity index (χ2n) is 5.12. The number of benzene rings is 1. The van der Waals surface area contributed by atoms with Crippen molar-refractivity contribution in [1.82, 2.24) is 10.3 Å². The van der Waals surface area contributed by atoms with E-state index < -0.39 is 11.8 Å². The highest BCUT2D eigenvalue weighted by Crippen LogP contribution is 2.31. The van der Waals surface area contributed by atoms with Gasteiger partial charge < -0.3 is 10.1 Å². The van der Waals surface area contributed by atoms with Crippen LogP contribution in [0.25, 0.3) is 0 Å². The molecule has 3 rings (SSSR count). The Labute approximate surface area is 122 Å². The minimum absolute atomic E-state index is 0.106. The molecule has 0 bridgehead atoms. The molecule has 0 spiro atoms. The summed E-state index contributed by atoms with van der Waals surface area (Å²) in [4.78, 5) is 3.53. The molecule has 1 N–H and O–H groups in total. The zero-order valence-electron chi connectivity index (χ0n) is 11.4. The van der Waals surface area contributed by atoms with Gasteiger partial charge in [-0.25, -0.2) is 4.39 Å². The van der Waals surface area contributed by atoms with E-state index in [1.165, 1.54) is 6.07 Å². The fraction of sp³-hybridized carbons (Fsp3) is 0.312. The average molecular weight is 290 g/mol. The lowest BCUT2D eigenvalue weighted by molar-refractivity contribution is 0.136. The number of rotatable bonds is 4. The van der Waals surface area contributed by atoms with Crippen LogP contribution in [0.1, 0.15) is 18.1 Å². The Balaban J connectivity index is 1.86. The molecule has 2 atom stereocenters. The third-order valence-electron chi connectivity index (χ3n) is 3.68. The van der Waals surface area contributed by atoms with Crippen molar-refractivity contribution in [1.29, 1.82) is 0 Å². The van der Waals surface area contributed by atoms with E-state index in [0.717, 1.165) is 31.1 Å². The quantitative estimate of drug-likeness (QED) is 0.879. The van der Waals surface area contributed by atoms with Crippen LogP contribution in [0.2, 0.25) is 0 Å². The summed E-state index contributed by atoms with van der Waals surface area (Å²) >= 11 is 0. The molecule has 1 fully saturated rings. The Morgan fingerprint density at radius 2 is 1.95 bits per heavy atom. The standard InChI is InChI=1S/C16H16F2N2O/c17-13-6-7-14(20-16(13)18)21-15(12-8-9-19-10-12)11-4-2-1-3-5-11/h1-7,12,15,19H,8-10H2. The molecule has 1 aromatic heterocycles. The van der Waals surface area contributed by atoms with Crippen molar-refractivity contribution in [3.05, 3.63) is 59.8 Å². The highest BCUT2D eigenvalue weighted by atomic mass is 19.2. The molecule has 21 heavy (non-hydrogen) atoms. The van der Waals surface area contributed by atoms with Gasteiger partial charge in [0.05, 0.1) is 0 Å². The van der Waals surface area contributed by atoms with E-state index in [2.05, 4.69) is 10.3 Å². The minimum Gasteiger partial charge on any atom is -0.469 e. The van der Waals surface area contributed by atoms with Gasteiger partial charge in [0, 0.05) is 18.5 Å². The van der Waals surface area contributed by atoms with Gasteiger partial charge in [0.1, 0.15) is 6.10 Å². The topological polar surface area (TPSA) is 34.1 Å². The molecule has 1 aliphatic rings. The smallest absolute Gasteiger partial charge is 0.252 e. The number of hydrogen-bond acceptors (Lipinski definition) is 3. The summed E-state index contributed by atoms with van der Waals surface area (Å²) in [6.45, 7) is 1.77. The summed E-state index contributed by atoms with van der Waals surface area (Å²) in [5, 5.41) is 3.29. The SMILES string of the molecule is Fc1ccc(OC(c2ccccc2)C2CCNC2)nc1F. The first-order chi connectivity index (χ1) is 10.2. The number of hydrogen-bond donors (Lipinski definition) is 1. The van der Waals surface area contributed by atoms with Gasteiger partial charge in [0.2, 0.25) is 5.88 Å². The van der Waals surface area contributed by atoms with Crippen LogP contribution in [0.5, 0.6) is 5.88 Å². The summed E-state index contributed by atoms with van der Waals surface area (Å²) in [5.41, 5.74) is 1.01. The maximum Gasteiger partial charge on any atom is 0.252 e. The molecule has 0 aliphatic carbocycles. The van der Waals surface area contributed by atoms with Crippen LogP contribution in [-0.2, 0) is 0 Å². The highest BCUT2D eigenvalue weighted by molar-refractivity contribution is 5.21. The molecule has 1 aliphatic heterocycles. The summed E-state index contributed by atoms with van der Waals surface area (Å²) in [6, 6.07) is 12.2. The van der Waals surface area contributed by atoms with Crippen LogP contribution in [0.4, 0.5) is 8.78 Å². The molecule has 0 saturated carbocycles. The Morgan fingerprint density at radius 3 is 2.62 bits per heavy atom. The number of aromatic nitrogens is 1. The first-order valence-corrected chi connectivity index (χ1v) is 6.98. The maximum absolute atomic E-state index is 13.2. The van der Waals surface area contributed by atoms with E-state index in [9.17, 15) is 8.78 Å². The summed E-state index contributed by atoms with van der Waals surface area (Å²) in [5.74, 6) is -1.72. The Kier molecular flexibility index (Phi) is 4.10. The van der Waals surface area contributed by atoms with Gasteiger partial charge in [-0.2, -0.15) is 9.37 Å². The van der Waals surface area contributed by atoms with Gasteiger partial charge in [0.25, 0.3) is 5.95 Å². The maximum atomic E-state index is 13.2. The monoisotopic (exact) mass is 290 g/mol. The van der Waals surface area contributed by atoms with E-state index in [-0.39, 0.29) is 17.9 Å². The lowest BCUT2D eigenvalue weighted by atomic mass is 9.95. The fourth-order valence-electron chi connectivity index (χ4n) is 2.61. The molecular formula is C16H16F2N2O. The summed E-state index contributed by atoms with van der Waals surface area (Å²) in [7, 11) is 0. The molecule has 2 aromatic rings. The predicted molar refractivity (Wildman–Crippen MR) is 74.9 cm³/mol. The minimum atomic E-state index is -1.14. The van der Waals surface area contributed by atoms with Crippen molar-refractivity contribution >= 4 is 0 Å². The largest absolute Gasteiger partial charge is 0.469 e. The molecule has 3 nitrogen and oxygen atoms in total. The first-order valence-electron chi connectivity index (χ1n) is 6.98. The molecule has 2 heterocycles. The lowest BCUT2D eigenvalue weighted by Gasteiger charge is -2.24. The van der Waals surface area contributed by atoms with Crippen molar-refractivity contribution < 1.29 is 13.5 Å². The van der Waals surface area contributed by atoms with E-state index in [1.807, 2.05) is 30.3 Å². The Bertz CT molecular complexity index is 600. The summed E-state index contributed by atoms with van der Waals surface area (Å²) in [6.07, 6.45) is 0.752. The van der Waals surface area contributed by atoms with Gasteiger partial charge in [-0.1, -0.05) is 30.3 Å². The third kappa shape index (κ3) is 3.19. The van der Waals surface area contributed by atoms with Gasteiger partial charge in [-0.05, 0) is 24.6 Å². The van der Waals surface area contributed by atoms with Crippen molar-refractivity contribution in [2.45, 2.75) is 12.5 Å². The molecule has 0 radical (unpaired) electrons. The number of pyridine rings is 1. The van der Waals surface area contributed by atoms with Crippen molar-refractivity contribution in [2.75, 3.05) is 13.1 Å². The second kappa shape index (κ2) is 6.18. The first kappa shape index (κ1) is 13.9. The van der Waals surface area contributed by atoms with Gasteiger partial charge in [0.15, 0.2) is 5.82 Å². The van der Waals surface area contributed by atoms with Crippen LogP contribution in [-0.4, -0.2) is 18.1 Å². The molecule has 1 aromatic carbocycles. The number of nitrogens with zero attached hydrogens (tertiary/aromatic N) is 1. The normalized spacial score (nSPS) is 19.4. The van der Waals surface area contributed by atoms with E-state index >= 15 is 0 Å². The lowest BCUT2D eigenvalue weighted by Crippen LogP contribution is -2.21. The number of nitrogens with one attached hydrogen (secondary N) is 1. The fourth-order valence-corrected chi connectivity index (χ4v) is 2.61. The van der Waals surface area contributed by atoms with Crippen molar-refractivity contribution in [3.63, 3.8) is 0 Å². The van der Waals surface area contributed by atoms with Crippen LogP contribution in [0.3, 0.4) is 0 Å². The molecule has 2 unspecified atom stereocenters. The van der Waals surface area contributed by atoms with E-state index in [0.29, 0.717) is 0 Å². The van der Waals surface area contributed by atoms with E-state index in [1.54, 1.807) is 0 Å². The second-order valence-corrected chi connectivity index (χ2v) is 5.12. The Morgan fingerprint density at radius 1 is 1.14 bits per heavy atom. The van der Waals surface area contributed by atoms with Gasteiger partial charge in [-0.3, -0.25) is 0 Å². The predicted octanol–water partition coefficient (Wildman–Crippen LogP) is 3.09. The number of halogens is 2. The zero-order chi connectivity index (χ0) is 14.7. The van der Waals surface area contributed by atoms with Crippen LogP contribution in [0, 0.1) is 17.7 Å². The highest BCUT2D eigenvalue weighted by Gasteiger charge is 2.28. The molecule has 110 valence electrons. The van der Waals surface area contributed by atoms with Crippen molar-refractivity contribution in [2.24, 2.45) is 5.92 Å². The Hall–Kier alpha value is -2.01. The average Bonchev–Trinajstić information content (AvgIpc) is 3.03. The summed E-state index contributed by atoms with van der Waals surface area (Å²) < 4.78 is 32.1. The van der Waals surface area contributed by atoms with Crippen LogP contribution < -0.4 is 10.1 Å². The van der Waals surface area contributed by atoms with Gasteiger partial charge in [-0.15, -0.1) is 0 Å².